The van der Waals surface area contributed by atoms with Gasteiger partial charge in [0.25, 0.3) is 0 Å². The normalized spacial score (nSPS) is 11.9. The lowest BCUT2D eigenvalue weighted by molar-refractivity contribution is 0.0314. The Balaban J connectivity index is 1.47. The first kappa shape index (κ1) is 18.9. The Labute approximate surface area is 171 Å². The fraction of sp³-hybridized carbons (Fsp3) is 0.136. The second-order valence-electron chi connectivity index (χ2n) is 6.43. The number of aromatic nitrogens is 2. The quantitative estimate of drug-likeness (QED) is 0.370. The van der Waals surface area contributed by atoms with Crippen molar-refractivity contribution in [3.63, 3.8) is 0 Å². The van der Waals surface area contributed by atoms with Crippen LogP contribution >= 0.6 is 11.3 Å². The topological polar surface area (TPSA) is 81.3 Å². The number of benzene rings is 2. The number of aromatic amines is 1. The van der Waals surface area contributed by atoms with Crippen LogP contribution in [0.2, 0.25) is 0 Å². The van der Waals surface area contributed by atoms with Crippen molar-refractivity contribution in [3.8, 4) is 16.3 Å². The highest BCUT2D eigenvalue weighted by atomic mass is 32.1. The number of H-pyrrole nitrogens is 1. The van der Waals surface area contributed by atoms with Crippen LogP contribution in [0.1, 0.15) is 27.8 Å². The third-order valence-electron chi connectivity index (χ3n) is 4.56. The van der Waals surface area contributed by atoms with E-state index in [2.05, 4.69) is 9.97 Å². The summed E-state index contributed by atoms with van der Waals surface area (Å²) in [5.74, 6) is -0.141. The molecule has 0 saturated heterocycles. The van der Waals surface area contributed by atoms with Gasteiger partial charge < -0.3 is 14.5 Å². The number of hydrogen-bond acceptors (Lipinski definition) is 6. The SMILES string of the molecule is COc1ccc(-c2nc(C(=O)O[C@@H](C)C(=O)c3c[nH]c4ccccc34)cs2)cc1. The summed E-state index contributed by atoms with van der Waals surface area (Å²) in [7, 11) is 1.60. The van der Waals surface area contributed by atoms with Gasteiger partial charge in [0, 0.05) is 33.6 Å². The summed E-state index contributed by atoms with van der Waals surface area (Å²) in [5.41, 5.74) is 2.41. The van der Waals surface area contributed by atoms with Crippen LogP contribution in [-0.4, -0.2) is 34.9 Å². The molecule has 4 rings (SSSR count). The molecule has 0 amide bonds. The van der Waals surface area contributed by atoms with Crippen molar-refractivity contribution in [2.75, 3.05) is 7.11 Å². The van der Waals surface area contributed by atoms with Gasteiger partial charge in [-0.15, -0.1) is 11.3 Å². The zero-order valence-corrected chi connectivity index (χ0v) is 16.7. The van der Waals surface area contributed by atoms with Crippen LogP contribution in [0.3, 0.4) is 0 Å². The monoisotopic (exact) mass is 406 g/mol. The number of thiazole rings is 1. The zero-order chi connectivity index (χ0) is 20.4. The van der Waals surface area contributed by atoms with E-state index >= 15 is 0 Å². The number of esters is 1. The maximum atomic E-state index is 12.7. The highest BCUT2D eigenvalue weighted by Crippen LogP contribution is 2.26. The van der Waals surface area contributed by atoms with Gasteiger partial charge in [-0.2, -0.15) is 0 Å². The molecule has 146 valence electrons. The molecular formula is C22H18N2O4S. The minimum Gasteiger partial charge on any atom is -0.497 e. The fourth-order valence-corrected chi connectivity index (χ4v) is 3.80. The molecule has 2 aromatic carbocycles. The molecule has 0 unspecified atom stereocenters. The van der Waals surface area contributed by atoms with Crippen LogP contribution in [0.15, 0.2) is 60.1 Å². The van der Waals surface area contributed by atoms with E-state index in [9.17, 15) is 9.59 Å². The van der Waals surface area contributed by atoms with Crippen molar-refractivity contribution in [1.82, 2.24) is 9.97 Å². The second kappa shape index (κ2) is 7.89. The molecule has 1 atom stereocenters. The Kier molecular flexibility index (Phi) is 5.14. The smallest absolute Gasteiger partial charge is 0.358 e. The van der Waals surface area contributed by atoms with Crippen molar-refractivity contribution in [2.45, 2.75) is 13.0 Å². The standard InChI is InChI=1S/C22H18N2O4S/c1-13(20(25)17-11-23-18-6-4-3-5-16(17)18)28-22(26)19-12-29-21(24-19)14-7-9-15(27-2)10-8-14/h3-13,23H,1-2H3/t13-/m0/s1. The van der Waals surface area contributed by atoms with Gasteiger partial charge in [-0.25, -0.2) is 9.78 Å². The van der Waals surface area contributed by atoms with E-state index in [1.54, 1.807) is 25.6 Å². The van der Waals surface area contributed by atoms with Gasteiger partial charge in [-0.05, 0) is 37.3 Å². The number of para-hydroxylation sites is 1. The molecule has 0 fully saturated rings. The van der Waals surface area contributed by atoms with E-state index in [0.717, 1.165) is 22.2 Å². The summed E-state index contributed by atoms with van der Waals surface area (Å²) >= 11 is 1.34. The second-order valence-corrected chi connectivity index (χ2v) is 7.28. The van der Waals surface area contributed by atoms with Gasteiger partial charge in [0.2, 0.25) is 5.78 Å². The van der Waals surface area contributed by atoms with E-state index < -0.39 is 12.1 Å². The van der Waals surface area contributed by atoms with Crippen molar-refractivity contribution in [3.05, 3.63) is 71.4 Å². The van der Waals surface area contributed by atoms with E-state index in [0.29, 0.717) is 10.6 Å². The van der Waals surface area contributed by atoms with Crippen LogP contribution in [0.5, 0.6) is 5.75 Å². The molecule has 2 heterocycles. The summed E-state index contributed by atoms with van der Waals surface area (Å²) < 4.78 is 10.5. The molecule has 0 saturated carbocycles. The molecule has 0 bridgehead atoms. The van der Waals surface area contributed by atoms with E-state index in [1.807, 2.05) is 48.5 Å². The van der Waals surface area contributed by atoms with Crippen molar-refractivity contribution < 1.29 is 19.1 Å². The summed E-state index contributed by atoms with van der Waals surface area (Å²) in [6, 6.07) is 14.9. The summed E-state index contributed by atoms with van der Waals surface area (Å²) in [6.07, 6.45) is 0.718. The Morgan fingerprint density at radius 3 is 2.62 bits per heavy atom. The first-order valence-electron chi connectivity index (χ1n) is 8.98. The van der Waals surface area contributed by atoms with Gasteiger partial charge >= 0.3 is 5.97 Å². The van der Waals surface area contributed by atoms with E-state index in [4.69, 9.17) is 9.47 Å². The number of hydrogen-bond donors (Lipinski definition) is 1. The minimum atomic E-state index is -0.923. The molecule has 4 aromatic rings. The molecule has 7 heteroatoms. The number of nitrogens with one attached hydrogen (secondary N) is 1. The van der Waals surface area contributed by atoms with E-state index in [1.165, 1.54) is 11.3 Å². The van der Waals surface area contributed by atoms with Gasteiger partial charge in [0.15, 0.2) is 11.8 Å². The van der Waals surface area contributed by atoms with Crippen LogP contribution in [0.25, 0.3) is 21.5 Å². The molecular weight excluding hydrogens is 388 g/mol. The maximum Gasteiger partial charge on any atom is 0.358 e. The third kappa shape index (κ3) is 3.77. The van der Waals surface area contributed by atoms with Gasteiger partial charge in [-0.3, -0.25) is 4.79 Å². The number of ketones is 1. The molecule has 0 aliphatic heterocycles. The number of ether oxygens (including phenoxy) is 2. The van der Waals surface area contributed by atoms with Crippen molar-refractivity contribution in [2.24, 2.45) is 0 Å². The number of fused-ring (bicyclic) bond motifs is 1. The molecule has 6 nitrogen and oxygen atoms in total. The van der Waals surface area contributed by atoms with Gasteiger partial charge in [0.1, 0.15) is 10.8 Å². The maximum absolute atomic E-state index is 12.7. The van der Waals surface area contributed by atoms with Crippen molar-refractivity contribution in [1.29, 1.82) is 0 Å². The molecule has 0 radical (unpaired) electrons. The van der Waals surface area contributed by atoms with Crippen LogP contribution in [0, 0.1) is 0 Å². The fourth-order valence-electron chi connectivity index (χ4n) is 3.00. The van der Waals surface area contributed by atoms with Crippen LogP contribution < -0.4 is 4.74 Å². The largest absolute Gasteiger partial charge is 0.497 e. The summed E-state index contributed by atoms with van der Waals surface area (Å²) in [6.45, 7) is 1.57. The molecule has 0 spiro atoms. The number of rotatable bonds is 6. The minimum absolute atomic E-state index is 0.180. The number of Topliss-reactive ketones (excluding diaryl/α,β-unsaturated/α-hetero) is 1. The summed E-state index contributed by atoms with van der Waals surface area (Å²) in [5, 5.41) is 3.12. The van der Waals surface area contributed by atoms with Crippen LogP contribution in [0.4, 0.5) is 0 Å². The Bertz CT molecular complexity index is 1180. The van der Waals surface area contributed by atoms with Gasteiger partial charge in [0.05, 0.1) is 7.11 Å². The lowest BCUT2D eigenvalue weighted by Crippen LogP contribution is -2.24. The third-order valence-corrected chi connectivity index (χ3v) is 5.45. The Morgan fingerprint density at radius 2 is 1.86 bits per heavy atom. The molecule has 29 heavy (non-hydrogen) atoms. The van der Waals surface area contributed by atoms with Crippen molar-refractivity contribution >= 4 is 34.0 Å². The zero-order valence-electron chi connectivity index (χ0n) is 15.8. The molecule has 1 N–H and O–H groups in total. The lowest BCUT2D eigenvalue weighted by Gasteiger charge is -2.10. The molecule has 0 aliphatic carbocycles. The van der Waals surface area contributed by atoms with E-state index in [-0.39, 0.29) is 11.5 Å². The highest BCUT2D eigenvalue weighted by Gasteiger charge is 2.24. The highest BCUT2D eigenvalue weighted by molar-refractivity contribution is 7.13. The first-order chi connectivity index (χ1) is 14.1. The number of nitrogens with zero attached hydrogens (tertiary/aromatic N) is 1. The van der Waals surface area contributed by atoms with Gasteiger partial charge in [-0.1, -0.05) is 18.2 Å². The molecule has 2 aromatic heterocycles. The Morgan fingerprint density at radius 1 is 1.10 bits per heavy atom. The predicted octanol–water partition coefficient (Wildman–Crippen LogP) is 4.73. The summed E-state index contributed by atoms with van der Waals surface area (Å²) in [4.78, 5) is 32.6. The Hall–Kier alpha value is -3.45. The lowest BCUT2D eigenvalue weighted by atomic mass is 10.1. The first-order valence-corrected chi connectivity index (χ1v) is 9.86. The molecule has 0 aliphatic rings. The average Bonchev–Trinajstić information content (AvgIpc) is 3.41. The van der Waals surface area contributed by atoms with Crippen LogP contribution in [-0.2, 0) is 4.74 Å². The number of carbonyl (C=O) groups excluding carboxylic acids is 2. The number of methoxy groups -OCH3 is 1. The predicted molar refractivity (Wildman–Crippen MR) is 112 cm³/mol. The average molecular weight is 406 g/mol. The number of carbonyl (C=O) groups is 2.